The van der Waals surface area contributed by atoms with Crippen LogP contribution in [0.15, 0.2) is 317 Å². The summed E-state index contributed by atoms with van der Waals surface area (Å²) in [5.41, 5.74) is 11.3. The van der Waals surface area contributed by atoms with Crippen molar-refractivity contribution in [2.24, 2.45) is 0 Å². The molecule has 1 aromatic heterocycles. The van der Waals surface area contributed by atoms with E-state index in [2.05, 4.69) is 156 Å². The molecule has 2 amide bonds. The van der Waals surface area contributed by atoms with Crippen LogP contribution in [0.2, 0.25) is 0 Å². The van der Waals surface area contributed by atoms with Gasteiger partial charge in [-0.3, -0.25) is 28.5 Å². The predicted molar refractivity (Wildman–Crippen MR) is 479 cm³/mol. The van der Waals surface area contributed by atoms with Crippen LogP contribution in [-0.4, -0.2) is 103 Å². The van der Waals surface area contributed by atoms with E-state index in [9.17, 15) is 57.6 Å². The van der Waals surface area contributed by atoms with Crippen molar-refractivity contribution in [1.29, 1.82) is 0 Å². The SMILES string of the molecule is CCOC(=O)c1ccccc1NS(=O)(=O)c1ccc(I)cc1.COC(=O)c1ccccc1N.O=C(NC12CC(c3ccccc3)(C1)C2)c1ccccc1NS(=O)(=O)c1ccc(-n2ccnc2)cc1.O=C(NC12CC(c3ccccc3)(C1)C2)c1ccccc1NS(=O)(=O)c1ccc(I)cc1.O=C(O)c1ccccc1NS(=O)(=O)c1ccc(I)cc1. The monoisotopic (exact) mass is 2010 g/mol. The van der Waals surface area contributed by atoms with Crippen molar-refractivity contribution >= 4 is 166 Å². The number of para-hydroxylation sites is 5. The molecule has 0 unspecified atom stereocenters. The van der Waals surface area contributed by atoms with Gasteiger partial charge in [0.05, 0.1) is 90.2 Å². The number of imidazole rings is 1. The van der Waals surface area contributed by atoms with Crippen molar-refractivity contribution in [3.8, 4) is 5.69 Å². The summed E-state index contributed by atoms with van der Waals surface area (Å²) in [7, 11) is -13.9. The predicted octanol–water partition coefficient (Wildman–Crippen LogP) is 16.1. The Morgan fingerprint density at radius 2 is 0.723 bits per heavy atom. The Morgan fingerprint density at radius 3 is 1.06 bits per heavy atom. The normalized spacial score (nSPS) is 17.6. The van der Waals surface area contributed by atoms with E-state index in [1.54, 1.807) is 182 Å². The molecule has 9 N–H and O–H groups in total. The number of carboxylic acids is 1. The molecule has 119 heavy (non-hydrogen) atoms. The fourth-order valence-corrected chi connectivity index (χ4v) is 20.0. The molecule has 6 aliphatic carbocycles. The van der Waals surface area contributed by atoms with Gasteiger partial charge in [-0.15, -0.1) is 0 Å². The quantitative estimate of drug-likeness (QED) is 0.0167. The zero-order valence-corrected chi connectivity index (χ0v) is 73.3. The number of anilines is 5. The third-order valence-electron chi connectivity index (χ3n) is 20.2. The lowest BCUT2D eigenvalue weighted by Gasteiger charge is -2.71. The zero-order chi connectivity index (χ0) is 85.0. The van der Waals surface area contributed by atoms with Gasteiger partial charge < -0.3 is 35.5 Å². The molecule has 32 heteroatoms. The summed E-state index contributed by atoms with van der Waals surface area (Å²) < 4.78 is 125. The van der Waals surface area contributed by atoms with Gasteiger partial charge in [0.2, 0.25) is 0 Å². The number of halogens is 3. The van der Waals surface area contributed by atoms with Crippen LogP contribution in [0.1, 0.15) is 108 Å². The maximum absolute atomic E-state index is 13.2. The number of benzene rings is 11. The van der Waals surface area contributed by atoms with Crippen molar-refractivity contribution in [3.05, 3.63) is 347 Å². The number of methoxy groups -OCH3 is 1. The van der Waals surface area contributed by atoms with E-state index in [0.29, 0.717) is 22.4 Å². The molecule has 4 bridgehead atoms. The van der Waals surface area contributed by atoms with Gasteiger partial charge in [0.15, 0.2) is 0 Å². The maximum Gasteiger partial charge on any atom is 0.340 e. The Hall–Kier alpha value is -11.0. The van der Waals surface area contributed by atoms with Crippen LogP contribution >= 0.6 is 67.8 Å². The number of nitrogens with one attached hydrogen (secondary N) is 6. The Morgan fingerprint density at radius 1 is 0.412 bits per heavy atom. The summed E-state index contributed by atoms with van der Waals surface area (Å²) in [6.45, 7) is 1.91. The Kier molecular flexibility index (Phi) is 27.2. The van der Waals surface area contributed by atoms with E-state index in [1.165, 1.54) is 85.0 Å². The topological polar surface area (TPSA) is 377 Å². The van der Waals surface area contributed by atoms with Crippen molar-refractivity contribution in [1.82, 2.24) is 20.2 Å². The fraction of sp³-hybridized carbons (Fsp3) is 0.149. The molecule has 612 valence electrons. The number of carboxylic acid groups (broad SMARTS) is 1. The summed E-state index contributed by atoms with van der Waals surface area (Å²) in [5.74, 6) is -2.67. The highest BCUT2D eigenvalue weighted by atomic mass is 127. The van der Waals surface area contributed by atoms with Crippen LogP contribution in [0.25, 0.3) is 5.69 Å². The number of ether oxygens (including phenoxy) is 2. The minimum atomic E-state index is -3.88. The Labute approximate surface area is 730 Å². The average molecular weight is 2010 g/mol. The first-order chi connectivity index (χ1) is 56.8. The highest BCUT2D eigenvalue weighted by Crippen LogP contribution is 2.69. The Balaban J connectivity index is 0.000000143. The number of amides is 2. The smallest absolute Gasteiger partial charge is 0.340 e. The Bertz CT molecular complexity index is 6170. The molecule has 6 fully saturated rings. The van der Waals surface area contributed by atoms with Crippen molar-refractivity contribution in [2.75, 3.05) is 38.3 Å². The first-order valence-electron chi connectivity index (χ1n) is 36.7. The second kappa shape index (κ2) is 37.1. The van der Waals surface area contributed by atoms with E-state index in [1.807, 2.05) is 12.1 Å². The molecule has 0 atom stereocenters. The molecule has 0 saturated heterocycles. The number of hydrogen-bond acceptors (Lipinski definition) is 17. The summed E-state index contributed by atoms with van der Waals surface area (Å²) in [4.78, 5) is 64.6. The molecular weight excluding hydrogens is 1940 g/mol. The number of aromatic nitrogens is 2. The van der Waals surface area contributed by atoms with E-state index in [4.69, 9.17) is 15.6 Å². The number of carbonyl (C=O) groups is 5. The number of sulfonamides is 4. The van der Waals surface area contributed by atoms with Gasteiger partial charge in [-0.25, -0.2) is 53.0 Å². The molecule has 6 saturated carbocycles. The number of carbonyl (C=O) groups excluding carboxylic acids is 4. The van der Waals surface area contributed by atoms with Crippen LogP contribution in [0.4, 0.5) is 28.4 Å². The van der Waals surface area contributed by atoms with Crippen LogP contribution in [0.5, 0.6) is 0 Å². The first kappa shape index (κ1) is 87.3. The summed E-state index contributed by atoms with van der Waals surface area (Å²) in [5, 5.41) is 15.4. The zero-order valence-electron chi connectivity index (χ0n) is 63.5. The second-order valence-electron chi connectivity index (χ2n) is 28.4. The van der Waals surface area contributed by atoms with Crippen molar-refractivity contribution < 1.29 is 72.2 Å². The van der Waals surface area contributed by atoms with Crippen LogP contribution < -0.4 is 35.3 Å². The number of nitrogens with two attached hydrogens (primary N) is 1. The number of aromatic carboxylic acids is 1. The van der Waals surface area contributed by atoms with Crippen molar-refractivity contribution in [2.45, 2.75) is 86.9 Å². The average Bonchev–Trinajstić information content (AvgIpc) is 0.856. The summed E-state index contributed by atoms with van der Waals surface area (Å²) in [6, 6.07) is 79.0. The lowest BCUT2D eigenvalue weighted by atomic mass is 9.37. The number of nitrogens with zero attached hydrogens (tertiary/aromatic N) is 2. The van der Waals surface area contributed by atoms with Gasteiger partial charge in [0, 0.05) is 56.4 Å². The molecule has 11 aromatic carbocycles. The first-order valence-corrected chi connectivity index (χ1v) is 45.9. The van der Waals surface area contributed by atoms with Crippen LogP contribution in [-0.2, 0) is 60.4 Å². The molecule has 6 aliphatic rings. The fourth-order valence-electron chi connectivity index (χ4n) is 14.6. The number of hydrogen-bond donors (Lipinski definition) is 8. The molecule has 12 aromatic rings. The third kappa shape index (κ3) is 20.8. The molecular formula is C87H78I3N9O16S4. The van der Waals surface area contributed by atoms with Gasteiger partial charge >= 0.3 is 17.9 Å². The van der Waals surface area contributed by atoms with Crippen molar-refractivity contribution in [3.63, 3.8) is 0 Å². The van der Waals surface area contributed by atoms with Gasteiger partial charge in [-0.2, -0.15) is 0 Å². The standard InChI is InChI=1S/C27H24N4O3S.C24H21IN2O3S.C15H14INO4S.C13H10INO4S.C8H9NO2/c32-25(29-27-16-26(17-27,18-27)20-6-2-1-3-7-20)23-8-4-5-9-24(23)30-35(33,34)22-12-10-21(11-13-22)31-15-14-28-19-31;25-18-10-12-19(13-11-18)31(29,30)27-21-9-5-4-8-20(21)22(28)26-24-14-23(15-24,16-24)17-6-2-1-3-7-17;1-2-21-15(18)13-5-3-4-6-14(13)17-22(19,20)12-9-7-11(16)8-10-12;14-9-5-7-10(8-6-9)20(18,19)15-12-4-2-1-3-11(12)13(16)17;1-11-8(10)6-4-2-3-5-7(6)9/h1-15,19,30H,16-18H2,(H,29,32);1-13,27H,14-16H2,(H,26,28);3-10,17H,2H2,1H3;1-8,15H,(H,16,17);2-5H,9H2,1H3. The highest BCUT2D eigenvalue weighted by Gasteiger charge is 2.70. The molecule has 0 radical (unpaired) electrons. The number of rotatable bonds is 23. The summed E-state index contributed by atoms with van der Waals surface area (Å²) >= 11 is 6.29. The van der Waals surface area contributed by atoms with Gasteiger partial charge in [-0.05, 0) is 282 Å². The largest absolute Gasteiger partial charge is 0.478 e. The minimum absolute atomic E-state index is 0.0403. The van der Waals surface area contributed by atoms with E-state index in [0.717, 1.165) is 54.9 Å². The molecule has 25 nitrogen and oxygen atoms in total. The maximum atomic E-state index is 13.2. The van der Waals surface area contributed by atoms with E-state index >= 15 is 0 Å². The number of nitrogen functional groups attached to an aromatic ring is 1. The second-order valence-corrected chi connectivity index (χ2v) is 38.8. The van der Waals surface area contributed by atoms with Crippen LogP contribution in [0.3, 0.4) is 0 Å². The molecule has 18 rings (SSSR count). The van der Waals surface area contributed by atoms with E-state index in [-0.39, 0.29) is 93.8 Å². The van der Waals surface area contributed by atoms with Gasteiger partial charge in [0.1, 0.15) is 0 Å². The molecule has 1 heterocycles. The lowest BCUT2D eigenvalue weighted by molar-refractivity contribution is -0.0811. The summed E-state index contributed by atoms with van der Waals surface area (Å²) in [6.07, 6.45) is 10.6. The number of esters is 2. The van der Waals surface area contributed by atoms with E-state index < -0.39 is 58.0 Å². The van der Waals surface area contributed by atoms with Gasteiger partial charge in [0.25, 0.3) is 51.9 Å². The lowest BCUT2D eigenvalue weighted by Crippen LogP contribution is -2.76. The highest BCUT2D eigenvalue weighted by molar-refractivity contribution is 14.1. The van der Waals surface area contributed by atoms with Crippen LogP contribution in [0, 0.1) is 10.7 Å². The minimum Gasteiger partial charge on any atom is -0.478 e. The third-order valence-corrected chi connectivity index (χ3v) is 27.9. The molecule has 0 aliphatic heterocycles. The van der Waals surface area contributed by atoms with Gasteiger partial charge in [-0.1, -0.05) is 121 Å². The molecule has 0 spiro atoms.